The number of hydrogen-bond donors (Lipinski definition) is 2. The molecule has 2 aromatic heterocycles. The van der Waals surface area contributed by atoms with Crippen LogP contribution in [-0.4, -0.2) is 24.7 Å². The van der Waals surface area contributed by atoms with Gasteiger partial charge in [0.15, 0.2) is 17.1 Å². The largest absolute Gasteiger partial charge is 0.493 e. The molecule has 0 fully saturated rings. The molecule has 0 radical (unpaired) electrons. The number of methoxy groups -OCH3 is 1. The Morgan fingerprint density at radius 1 is 1.18 bits per heavy atom. The summed E-state index contributed by atoms with van der Waals surface area (Å²) in [4.78, 5) is 12.4. The van der Waals surface area contributed by atoms with E-state index in [4.69, 9.17) is 9.15 Å². The van der Waals surface area contributed by atoms with Crippen LogP contribution in [0.1, 0.15) is 22.2 Å². The highest BCUT2D eigenvalue weighted by atomic mass is 32.1. The van der Waals surface area contributed by atoms with Gasteiger partial charge in [-0.05, 0) is 45.6 Å². The number of ether oxygens (including phenoxy) is 1. The van der Waals surface area contributed by atoms with Crippen molar-refractivity contribution >= 4 is 28.2 Å². The zero-order valence-electron chi connectivity index (χ0n) is 15.2. The van der Waals surface area contributed by atoms with E-state index in [1.54, 1.807) is 30.6 Å². The summed E-state index contributed by atoms with van der Waals surface area (Å²) in [6.07, 6.45) is -0.806. The van der Waals surface area contributed by atoms with Crippen molar-refractivity contribution in [1.82, 2.24) is 5.32 Å². The standard InChI is InChI=1S/C22H19NO4S/c1-26-19-4-2-3-16-11-20(27-21(16)19)22(25)23-12-18(24)15-7-5-14(6-8-15)17-9-10-28-13-17/h2-11,13,18,24H,12H2,1H3,(H,23,25). The third-order valence-corrected chi connectivity index (χ3v) is 5.24. The van der Waals surface area contributed by atoms with Crippen LogP contribution in [-0.2, 0) is 0 Å². The quantitative estimate of drug-likeness (QED) is 0.501. The lowest BCUT2D eigenvalue weighted by Crippen LogP contribution is -2.28. The van der Waals surface area contributed by atoms with Gasteiger partial charge in [0.1, 0.15) is 0 Å². The number of thiophene rings is 1. The summed E-state index contributed by atoms with van der Waals surface area (Å²) in [6.45, 7) is 0.0881. The topological polar surface area (TPSA) is 71.7 Å². The third kappa shape index (κ3) is 3.65. The number of nitrogens with one attached hydrogen (secondary N) is 1. The Morgan fingerprint density at radius 2 is 2.00 bits per heavy atom. The van der Waals surface area contributed by atoms with E-state index in [0.717, 1.165) is 22.1 Å². The number of aliphatic hydroxyl groups is 1. The number of carbonyl (C=O) groups excluding carboxylic acids is 1. The number of amides is 1. The number of carbonyl (C=O) groups is 1. The van der Waals surface area contributed by atoms with Crippen LogP contribution in [0.15, 0.2) is 69.8 Å². The van der Waals surface area contributed by atoms with Crippen LogP contribution in [0.2, 0.25) is 0 Å². The number of fused-ring (bicyclic) bond motifs is 1. The van der Waals surface area contributed by atoms with Crippen molar-refractivity contribution in [3.8, 4) is 16.9 Å². The molecule has 1 atom stereocenters. The highest BCUT2D eigenvalue weighted by Gasteiger charge is 2.16. The zero-order valence-corrected chi connectivity index (χ0v) is 16.0. The van der Waals surface area contributed by atoms with Crippen molar-refractivity contribution in [3.63, 3.8) is 0 Å². The Hall–Kier alpha value is -3.09. The summed E-state index contributed by atoms with van der Waals surface area (Å²) < 4.78 is 10.9. The average molecular weight is 393 g/mol. The summed E-state index contributed by atoms with van der Waals surface area (Å²) in [7, 11) is 1.55. The van der Waals surface area contributed by atoms with Gasteiger partial charge in [0.25, 0.3) is 5.91 Å². The summed E-state index contributed by atoms with van der Waals surface area (Å²) in [5.41, 5.74) is 3.52. The van der Waals surface area contributed by atoms with Crippen LogP contribution in [0, 0.1) is 0 Å². The molecule has 1 unspecified atom stereocenters. The van der Waals surface area contributed by atoms with Gasteiger partial charge < -0.3 is 19.6 Å². The van der Waals surface area contributed by atoms with Crippen LogP contribution < -0.4 is 10.1 Å². The van der Waals surface area contributed by atoms with Crippen molar-refractivity contribution < 1.29 is 19.1 Å². The molecule has 0 aliphatic heterocycles. The van der Waals surface area contributed by atoms with Gasteiger partial charge in [-0.15, -0.1) is 0 Å². The minimum atomic E-state index is -0.806. The van der Waals surface area contributed by atoms with E-state index >= 15 is 0 Å². The second kappa shape index (κ2) is 7.88. The normalized spacial score (nSPS) is 12.1. The Morgan fingerprint density at radius 3 is 2.71 bits per heavy atom. The first-order chi connectivity index (χ1) is 13.7. The SMILES string of the molecule is COc1cccc2cc(C(=O)NCC(O)c3ccc(-c4ccsc4)cc3)oc12. The van der Waals surface area contributed by atoms with E-state index in [2.05, 4.69) is 16.8 Å². The van der Waals surface area contributed by atoms with E-state index in [-0.39, 0.29) is 18.2 Å². The van der Waals surface area contributed by atoms with Crippen LogP contribution in [0.5, 0.6) is 5.75 Å². The first-order valence-corrected chi connectivity index (χ1v) is 9.75. The number of aliphatic hydroxyl groups excluding tert-OH is 1. The number of furan rings is 1. The second-order valence-electron chi connectivity index (χ2n) is 6.35. The molecule has 6 heteroatoms. The van der Waals surface area contributed by atoms with Crippen LogP contribution >= 0.6 is 11.3 Å². The lowest BCUT2D eigenvalue weighted by molar-refractivity contribution is 0.0891. The van der Waals surface area contributed by atoms with E-state index in [1.807, 2.05) is 41.8 Å². The van der Waals surface area contributed by atoms with Gasteiger partial charge in [0.2, 0.25) is 0 Å². The minimum absolute atomic E-state index is 0.0881. The molecule has 2 N–H and O–H groups in total. The average Bonchev–Trinajstić information content (AvgIpc) is 3.41. The summed E-state index contributed by atoms with van der Waals surface area (Å²) >= 11 is 1.64. The highest BCUT2D eigenvalue weighted by molar-refractivity contribution is 7.08. The fourth-order valence-corrected chi connectivity index (χ4v) is 3.69. The van der Waals surface area contributed by atoms with E-state index in [0.29, 0.717) is 11.3 Å². The van der Waals surface area contributed by atoms with Crippen molar-refractivity contribution in [3.05, 3.63) is 76.7 Å². The molecular weight excluding hydrogens is 374 g/mol. The maximum atomic E-state index is 12.4. The number of hydrogen-bond acceptors (Lipinski definition) is 5. The molecule has 2 aromatic carbocycles. The second-order valence-corrected chi connectivity index (χ2v) is 7.13. The molecule has 28 heavy (non-hydrogen) atoms. The Kier molecular flexibility index (Phi) is 5.14. The minimum Gasteiger partial charge on any atom is -0.493 e. The Bertz CT molecular complexity index is 1080. The van der Waals surface area contributed by atoms with Gasteiger partial charge in [0.05, 0.1) is 13.2 Å². The lowest BCUT2D eigenvalue weighted by Gasteiger charge is -2.12. The van der Waals surface area contributed by atoms with Crippen LogP contribution in [0.4, 0.5) is 0 Å². The molecule has 4 aromatic rings. The van der Waals surface area contributed by atoms with Crippen LogP contribution in [0.3, 0.4) is 0 Å². The summed E-state index contributed by atoms with van der Waals surface area (Å²) in [6, 6.07) is 16.8. The molecule has 5 nitrogen and oxygen atoms in total. The first kappa shape index (κ1) is 18.3. The maximum Gasteiger partial charge on any atom is 0.287 e. The Labute approximate surface area is 166 Å². The summed E-state index contributed by atoms with van der Waals surface area (Å²) in [5.74, 6) is 0.369. The van der Waals surface area contributed by atoms with Crippen molar-refractivity contribution in [1.29, 1.82) is 0 Å². The molecule has 142 valence electrons. The van der Waals surface area contributed by atoms with Crippen molar-refractivity contribution in [2.24, 2.45) is 0 Å². The third-order valence-electron chi connectivity index (χ3n) is 4.56. The van der Waals surface area contributed by atoms with Crippen molar-refractivity contribution in [2.45, 2.75) is 6.10 Å². The smallest absolute Gasteiger partial charge is 0.287 e. The molecule has 2 heterocycles. The molecule has 0 spiro atoms. The molecule has 0 saturated heterocycles. The fourth-order valence-electron chi connectivity index (χ4n) is 3.03. The highest BCUT2D eigenvalue weighted by Crippen LogP contribution is 2.28. The van der Waals surface area contributed by atoms with Gasteiger partial charge in [-0.2, -0.15) is 11.3 Å². The van der Waals surface area contributed by atoms with Gasteiger partial charge in [-0.25, -0.2) is 0 Å². The maximum absolute atomic E-state index is 12.4. The van der Waals surface area contributed by atoms with E-state index < -0.39 is 6.10 Å². The number of para-hydroxylation sites is 1. The molecule has 0 aliphatic rings. The van der Waals surface area contributed by atoms with Crippen molar-refractivity contribution in [2.75, 3.05) is 13.7 Å². The lowest BCUT2D eigenvalue weighted by atomic mass is 10.0. The molecule has 0 aliphatic carbocycles. The van der Waals surface area contributed by atoms with E-state index in [1.165, 1.54) is 0 Å². The van der Waals surface area contributed by atoms with Crippen LogP contribution in [0.25, 0.3) is 22.1 Å². The predicted octanol–water partition coefficient (Wildman–Crippen LogP) is 4.63. The van der Waals surface area contributed by atoms with Gasteiger partial charge in [-0.3, -0.25) is 4.79 Å². The number of rotatable bonds is 6. The monoisotopic (exact) mass is 393 g/mol. The first-order valence-electron chi connectivity index (χ1n) is 8.81. The summed E-state index contributed by atoms with van der Waals surface area (Å²) in [5, 5.41) is 18.0. The fraction of sp³-hybridized carbons (Fsp3) is 0.136. The van der Waals surface area contributed by atoms with Gasteiger partial charge in [-0.1, -0.05) is 36.4 Å². The molecule has 4 rings (SSSR count). The van der Waals surface area contributed by atoms with Gasteiger partial charge >= 0.3 is 0 Å². The molecule has 0 saturated carbocycles. The molecular formula is C22H19NO4S. The predicted molar refractivity (Wildman–Crippen MR) is 110 cm³/mol. The van der Waals surface area contributed by atoms with Gasteiger partial charge in [0, 0.05) is 11.9 Å². The molecule has 0 bridgehead atoms. The molecule has 1 amide bonds. The number of benzene rings is 2. The zero-order chi connectivity index (χ0) is 19.5. The van der Waals surface area contributed by atoms with E-state index in [9.17, 15) is 9.90 Å². The Balaban J connectivity index is 1.41.